The average molecular weight is 293 g/mol. The third-order valence-corrected chi connectivity index (χ3v) is 4.67. The lowest BCUT2D eigenvalue weighted by Crippen LogP contribution is -2.28. The van der Waals surface area contributed by atoms with Gasteiger partial charge < -0.3 is 10.1 Å². The SMILES string of the molecule is CCCn1ncc(OC)c1C1CCCCCC1CNCC. The number of nitrogens with zero attached hydrogens (tertiary/aromatic N) is 2. The molecule has 1 aliphatic rings. The Bertz CT molecular complexity index is 416. The lowest BCUT2D eigenvalue weighted by molar-refractivity contribution is 0.339. The van der Waals surface area contributed by atoms with Crippen molar-refractivity contribution in [1.82, 2.24) is 15.1 Å². The van der Waals surface area contributed by atoms with Crippen LogP contribution in [0.15, 0.2) is 6.20 Å². The minimum Gasteiger partial charge on any atom is -0.493 e. The van der Waals surface area contributed by atoms with Gasteiger partial charge in [0.1, 0.15) is 0 Å². The second-order valence-corrected chi connectivity index (χ2v) is 6.13. The zero-order valence-corrected chi connectivity index (χ0v) is 13.9. The first-order chi connectivity index (χ1) is 10.3. The van der Waals surface area contributed by atoms with E-state index >= 15 is 0 Å². The Morgan fingerprint density at radius 1 is 1.29 bits per heavy atom. The number of aromatic nitrogens is 2. The normalized spacial score (nSPS) is 23.0. The third kappa shape index (κ3) is 4.00. The Morgan fingerprint density at radius 2 is 2.10 bits per heavy atom. The summed E-state index contributed by atoms with van der Waals surface area (Å²) in [6.07, 6.45) is 9.65. The van der Waals surface area contributed by atoms with Crippen molar-refractivity contribution in [3.05, 3.63) is 11.9 Å². The Labute approximate surface area is 129 Å². The van der Waals surface area contributed by atoms with Gasteiger partial charge in [0.25, 0.3) is 0 Å². The molecule has 0 amide bonds. The van der Waals surface area contributed by atoms with Gasteiger partial charge in [0, 0.05) is 12.5 Å². The highest BCUT2D eigenvalue weighted by Gasteiger charge is 2.30. The van der Waals surface area contributed by atoms with E-state index in [1.165, 1.54) is 37.8 Å². The van der Waals surface area contributed by atoms with Gasteiger partial charge in [0.15, 0.2) is 5.75 Å². The number of aryl methyl sites for hydroxylation is 1. The summed E-state index contributed by atoms with van der Waals surface area (Å²) in [7, 11) is 1.77. The fourth-order valence-corrected chi connectivity index (χ4v) is 3.62. The predicted octanol–water partition coefficient (Wildman–Crippen LogP) is 3.58. The highest BCUT2D eigenvalue weighted by Crippen LogP contribution is 2.40. The van der Waals surface area contributed by atoms with Crippen LogP contribution < -0.4 is 10.1 Å². The molecule has 1 N–H and O–H groups in total. The van der Waals surface area contributed by atoms with Gasteiger partial charge in [-0.3, -0.25) is 4.68 Å². The molecule has 1 aromatic rings. The van der Waals surface area contributed by atoms with Crippen molar-refractivity contribution in [3.63, 3.8) is 0 Å². The minimum atomic E-state index is 0.579. The van der Waals surface area contributed by atoms with Crippen LogP contribution in [-0.4, -0.2) is 30.0 Å². The number of methoxy groups -OCH3 is 1. The third-order valence-electron chi connectivity index (χ3n) is 4.67. The second kappa shape index (κ2) is 8.42. The summed E-state index contributed by atoms with van der Waals surface area (Å²) in [6.45, 7) is 7.55. The van der Waals surface area contributed by atoms with Crippen molar-refractivity contribution in [3.8, 4) is 5.75 Å². The molecular formula is C17H31N3O. The van der Waals surface area contributed by atoms with Crippen LogP contribution in [0.3, 0.4) is 0 Å². The predicted molar refractivity (Wildman–Crippen MR) is 86.9 cm³/mol. The molecule has 4 nitrogen and oxygen atoms in total. The van der Waals surface area contributed by atoms with Gasteiger partial charge in [-0.1, -0.05) is 33.1 Å². The molecule has 2 atom stereocenters. The Kier molecular flexibility index (Phi) is 6.55. The van der Waals surface area contributed by atoms with E-state index < -0.39 is 0 Å². The molecule has 1 fully saturated rings. The molecule has 2 rings (SSSR count). The first-order valence-corrected chi connectivity index (χ1v) is 8.62. The number of ether oxygens (including phenoxy) is 1. The topological polar surface area (TPSA) is 39.1 Å². The van der Waals surface area contributed by atoms with Crippen LogP contribution in [0.25, 0.3) is 0 Å². The number of hydrogen-bond donors (Lipinski definition) is 1. The first kappa shape index (κ1) is 16.3. The van der Waals surface area contributed by atoms with Crippen LogP contribution in [0.2, 0.25) is 0 Å². The lowest BCUT2D eigenvalue weighted by Gasteiger charge is -2.27. The summed E-state index contributed by atoms with van der Waals surface area (Å²) in [4.78, 5) is 0. The zero-order valence-electron chi connectivity index (χ0n) is 13.9. The largest absolute Gasteiger partial charge is 0.493 e. The number of hydrogen-bond acceptors (Lipinski definition) is 3. The molecule has 0 bridgehead atoms. The maximum absolute atomic E-state index is 5.62. The molecule has 0 saturated heterocycles. The smallest absolute Gasteiger partial charge is 0.160 e. The summed E-state index contributed by atoms with van der Waals surface area (Å²) in [5, 5.41) is 8.12. The fraction of sp³-hybridized carbons (Fsp3) is 0.824. The van der Waals surface area contributed by atoms with Gasteiger partial charge in [-0.2, -0.15) is 5.10 Å². The van der Waals surface area contributed by atoms with E-state index in [1.54, 1.807) is 7.11 Å². The van der Waals surface area contributed by atoms with Crippen LogP contribution in [0.5, 0.6) is 5.75 Å². The summed E-state index contributed by atoms with van der Waals surface area (Å²) < 4.78 is 7.80. The first-order valence-electron chi connectivity index (χ1n) is 8.62. The van der Waals surface area contributed by atoms with Crippen LogP contribution in [-0.2, 0) is 6.54 Å². The van der Waals surface area contributed by atoms with E-state index in [1.807, 2.05) is 6.20 Å². The number of nitrogens with one attached hydrogen (secondary N) is 1. The van der Waals surface area contributed by atoms with Gasteiger partial charge in [0.05, 0.1) is 19.0 Å². The van der Waals surface area contributed by atoms with Gasteiger partial charge in [0.2, 0.25) is 0 Å². The highest BCUT2D eigenvalue weighted by atomic mass is 16.5. The fourth-order valence-electron chi connectivity index (χ4n) is 3.62. The van der Waals surface area contributed by atoms with Crippen molar-refractivity contribution in [2.75, 3.05) is 20.2 Å². The summed E-state index contributed by atoms with van der Waals surface area (Å²) in [6, 6.07) is 0. The molecule has 1 heterocycles. The van der Waals surface area contributed by atoms with Crippen molar-refractivity contribution < 1.29 is 4.74 Å². The van der Waals surface area contributed by atoms with E-state index in [2.05, 4.69) is 28.9 Å². The van der Waals surface area contributed by atoms with Gasteiger partial charge in [-0.25, -0.2) is 0 Å². The van der Waals surface area contributed by atoms with E-state index in [-0.39, 0.29) is 0 Å². The zero-order chi connectivity index (χ0) is 15.1. The molecule has 4 heteroatoms. The quantitative estimate of drug-likeness (QED) is 0.781. The monoisotopic (exact) mass is 293 g/mol. The second-order valence-electron chi connectivity index (χ2n) is 6.13. The van der Waals surface area contributed by atoms with Gasteiger partial charge >= 0.3 is 0 Å². The van der Waals surface area contributed by atoms with Crippen LogP contribution in [0, 0.1) is 5.92 Å². The summed E-state index contributed by atoms with van der Waals surface area (Å²) in [5.74, 6) is 2.26. The Balaban J connectivity index is 2.27. The van der Waals surface area contributed by atoms with E-state index in [9.17, 15) is 0 Å². The van der Waals surface area contributed by atoms with E-state index in [4.69, 9.17) is 4.74 Å². The molecule has 0 aliphatic heterocycles. The van der Waals surface area contributed by atoms with Crippen LogP contribution in [0.4, 0.5) is 0 Å². The Morgan fingerprint density at radius 3 is 2.81 bits per heavy atom. The van der Waals surface area contributed by atoms with Gasteiger partial charge in [-0.05, 0) is 38.3 Å². The van der Waals surface area contributed by atoms with Crippen molar-refractivity contribution >= 4 is 0 Å². The lowest BCUT2D eigenvalue weighted by atomic mass is 9.84. The molecule has 1 aliphatic carbocycles. The number of rotatable bonds is 7. The summed E-state index contributed by atoms with van der Waals surface area (Å²) >= 11 is 0. The molecule has 0 spiro atoms. The van der Waals surface area contributed by atoms with Gasteiger partial charge in [-0.15, -0.1) is 0 Å². The average Bonchev–Trinajstić information content (AvgIpc) is 2.75. The van der Waals surface area contributed by atoms with Crippen LogP contribution >= 0.6 is 0 Å². The van der Waals surface area contributed by atoms with E-state index in [0.29, 0.717) is 11.8 Å². The summed E-state index contributed by atoms with van der Waals surface area (Å²) in [5.41, 5.74) is 1.34. The molecule has 120 valence electrons. The van der Waals surface area contributed by atoms with Crippen LogP contribution in [0.1, 0.15) is 64.0 Å². The maximum atomic E-state index is 5.62. The Hall–Kier alpha value is -1.03. The van der Waals surface area contributed by atoms with Crippen molar-refractivity contribution in [2.24, 2.45) is 5.92 Å². The molecule has 1 saturated carbocycles. The molecule has 1 aromatic heterocycles. The molecule has 2 unspecified atom stereocenters. The molecular weight excluding hydrogens is 262 g/mol. The van der Waals surface area contributed by atoms with Crippen molar-refractivity contribution in [2.45, 2.75) is 64.8 Å². The van der Waals surface area contributed by atoms with Crippen molar-refractivity contribution in [1.29, 1.82) is 0 Å². The molecule has 0 aromatic carbocycles. The standard InChI is InChI=1S/C17H31N3O/c1-4-11-20-17(16(21-3)13-19-20)15-10-8-6-7-9-14(15)12-18-5-2/h13-15,18H,4-12H2,1-3H3. The highest BCUT2D eigenvalue weighted by molar-refractivity contribution is 5.29. The molecule has 0 radical (unpaired) electrons. The maximum Gasteiger partial charge on any atom is 0.160 e. The van der Waals surface area contributed by atoms with E-state index in [0.717, 1.165) is 31.8 Å². The molecule has 21 heavy (non-hydrogen) atoms. The minimum absolute atomic E-state index is 0.579.